The molecule has 0 spiro atoms. The topological polar surface area (TPSA) is 58.6 Å². The molecule has 0 saturated carbocycles. The number of carbonyl (C=O) groups is 2. The zero-order valence-corrected chi connectivity index (χ0v) is 16.1. The third kappa shape index (κ3) is 5.97. The second-order valence-corrected chi connectivity index (χ2v) is 6.73. The monoisotopic (exact) mass is 416 g/mol. The standard InChI is InChI=1S/C22H19F3N2O3/c1-27(21(29)13-15-6-7-16-4-2-3-5-17(16)12-15)14-20(28)26-18-8-10-19(11-9-18)30-22(23,24)25/h2-12H,13-14H2,1H3,(H,26,28). The van der Waals surface area contributed by atoms with Crippen LogP contribution in [0.15, 0.2) is 66.7 Å². The largest absolute Gasteiger partial charge is 0.573 e. The number of nitrogens with zero attached hydrogens (tertiary/aromatic N) is 1. The number of ether oxygens (including phenoxy) is 1. The molecule has 3 aromatic rings. The minimum atomic E-state index is -4.78. The summed E-state index contributed by atoms with van der Waals surface area (Å²) in [7, 11) is 1.52. The number of likely N-dealkylation sites (N-methyl/N-ethyl adjacent to an activating group) is 1. The fourth-order valence-corrected chi connectivity index (χ4v) is 2.90. The van der Waals surface area contributed by atoms with E-state index in [1.54, 1.807) is 0 Å². The van der Waals surface area contributed by atoms with Crippen molar-refractivity contribution in [3.63, 3.8) is 0 Å². The summed E-state index contributed by atoms with van der Waals surface area (Å²) in [5.41, 5.74) is 1.14. The maximum Gasteiger partial charge on any atom is 0.573 e. The lowest BCUT2D eigenvalue weighted by Crippen LogP contribution is -2.35. The van der Waals surface area contributed by atoms with Gasteiger partial charge in [-0.1, -0.05) is 42.5 Å². The van der Waals surface area contributed by atoms with Gasteiger partial charge in [0.2, 0.25) is 11.8 Å². The highest BCUT2D eigenvalue weighted by atomic mass is 19.4. The van der Waals surface area contributed by atoms with Crippen LogP contribution in [-0.4, -0.2) is 36.7 Å². The van der Waals surface area contributed by atoms with E-state index in [-0.39, 0.29) is 24.6 Å². The van der Waals surface area contributed by atoms with E-state index in [1.165, 1.54) is 24.1 Å². The minimum Gasteiger partial charge on any atom is -0.406 e. The molecule has 30 heavy (non-hydrogen) atoms. The summed E-state index contributed by atoms with van der Waals surface area (Å²) < 4.78 is 40.3. The molecule has 0 aromatic heterocycles. The normalized spacial score (nSPS) is 11.2. The highest BCUT2D eigenvalue weighted by molar-refractivity contribution is 5.95. The molecular weight excluding hydrogens is 397 g/mol. The molecule has 156 valence electrons. The minimum absolute atomic E-state index is 0.151. The Morgan fingerprint density at radius 2 is 1.63 bits per heavy atom. The number of amides is 2. The lowest BCUT2D eigenvalue weighted by atomic mass is 10.0. The number of hydrogen-bond acceptors (Lipinski definition) is 3. The van der Waals surface area contributed by atoms with Crippen LogP contribution in [0.3, 0.4) is 0 Å². The van der Waals surface area contributed by atoms with E-state index in [0.717, 1.165) is 28.5 Å². The number of benzene rings is 3. The van der Waals surface area contributed by atoms with Gasteiger partial charge in [-0.15, -0.1) is 13.2 Å². The Hall–Kier alpha value is -3.55. The lowest BCUT2D eigenvalue weighted by Gasteiger charge is -2.17. The highest BCUT2D eigenvalue weighted by Crippen LogP contribution is 2.24. The van der Waals surface area contributed by atoms with Gasteiger partial charge in [0.25, 0.3) is 0 Å². The third-order valence-corrected chi connectivity index (χ3v) is 4.35. The Bertz CT molecular complexity index is 1050. The van der Waals surface area contributed by atoms with E-state index in [1.807, 2.05) is 42.5 Å². The molecular formula is C22H19F3N2O3. The van der Waals surface area contributed by atoms with Crippen molar-refractivity contribution in [3.05, 3.63) is 72.3 Å². The number of anilines is 1. The molecule has 8 heteroatoms. The first-order chi connectivity index (χ1) is 14.2. The van der Waals surface area contributed by atoms with Gasteiger partial charge in [0.05, 0.1) is 13.0 Å². The molecule has 0 saturated heterocycles. The van der Waals surface area contributed by atoms with E-state index in [9.17, 15) is 22.8 Å². The van der Waals surface area contributed by atoms with Crippen molar-refractivity contribution in [1.82, 2.24) is 4.90 Å². The molecule has 3 aromatic carbocycles. The molecule has 0 unspecified atom stereocenters. The number of nitrogens with one attached hydrogen (secondary N) is 1. The fourth-order valence-electron chi connectivity index (χ4n) is 2.90. The molecule has 5 nitrogen and oxygen atoms in total. The molecule has 3 rings (SSSR count). The second kappa shape index (κ2) is 8.86. The number of fused-ring (bicyclic) bond motifs is 1. The zero-order valence-electron chi connectivity index (χ0n) is 16.1. The van der Waals surface area contributed by atoms with Gasteiger partial charge in [-0.2, -0.15) is 0 Å². The predicted molar refractivity (Wildman–Crippen MR) is 107 cm³/mol. The van der Waals surface area contributed by atoms with Gasteiger partial charge in [-0.25, -0.2) is 0 Å². The summed E-state index contributed by atoms with van der Waals surface area (Å²) in [6.45, 7) is -0.187. The Morgan fingerprint density at radius 3 is 2.30 bits per heavy atom. The number of halogens is 3. The summed E-state index contributed by atoms with van der Waals surface area (Å²) in [4.78, 5) is 25.9. The summed E-state index contributed by atoms with van der Waals surface area (Å²) in [6, 6.07) is 18.3. The molecule has 0 heterocycles. The predicted octanol–water partition coefficient (Wildman–Crippen LogP) is 4.38. The molecule has 2 amide bonds. The van der Waals surface area contributed by atoms with Gasteiger partial charge in [-0.05, 0) is 40.6 Å². The van der Waals surface area contributed by atoms with Gasteiger partial charge >= 0.3 is 6.36 Å². The summed E-state index contributed by atoms with van der Waals surface area (Å²) in [5.74, 6) is -1.08. The lowest BCUT2D eigenvalue weighted by molar-refractivity contribution is -0.274. The second-order valence-electron chi connectivity index (χ2n) is 6.73. The van der Waals surface area contributed by atoms with Crippen LogP contribution < -0.4 is 10.1 Å². The zero-order chi connectivity index (χ0) is 21.7. The van der Waals surface area contributed by atoms with Crippen LogP contribution >= 0.6 is 0 Å². The van der Waals surface area contributed by atoms with Crippen molar-refractivity contribution in [2.24, 2.45) is 0 Å². The Kier molecular flexibility index (Phi) is 6.25. The summed E-state index contributed by atoms with van der Waals surface area (Å²) in [6.07, 6.45) is -4.63. The third-order valence-electron chi connectivity index (χ3n) is 4.35. The van der Waals surface area contributed by atoms with Crippen molar-refractivity contribution in [2.75, 3.05) is 18.9 Å². The average molecular weight is 416 g/mol. The first kappa shape index (κ1) is 21.2. The van der Waals surface area contributed by atoms with Gasteiger partial charge < -0.3 is 15.0 Å². The Labute approximate surface area is 171 Å². The maximum atomic E-state index is 12.4. The fraction of sp³-hybridized carbons (Fsp3) is 0.182. The van der Waals surface area contributed by atoms with Crippen LogP contribution in [0.5, 0.6) is 5.75 Å². The van der Waals surface area contributed by atoms with E-state index in [4.69, 9.17) is 0 Å². The molecule has 0 aliphatic carbocycles. The summed E-state index contributed by atoms with van der Waals surface area (Å²) in [5, 5.41) is 4.64. The Balaban J connectivity index is 1.53. The van der Waals surface area contributed by atoms with Crippen molar-refractivity contribution < 1.29 is 27.5 Å². The quantitative estimate of drug-likeness (QED) is 0.649. The molecule has 1 N–H and O–H groups in total. The van der Waals surface area contributed by atoms with E-state index in [0.29, 0.717) is 5.69 Å². The van der Waals surface area contributed by atoms with E-state index < -0.39 is 12.3 Å². The molecule has 0 bridgehead atoms. The number of carbonyl (C=O) groups excluding carboxylic acids is 2. The van der Waals surface area contributed by atoms with E-state index in [2.05, 4.69) is 10.1 Å². The van der Waals surface area contributed by atoms with Crippen LogP contribution in [0.2, 0.25) is 0 Å². The number of rotatable bonds is 6. The molecule has 0 fully saturated rings. The smallest absolute Gasteiger partial charge is 0.406 e. The van der Waals surface area contributed by atoms with Crippen LogP contribution in [0.1, 0.15) is 5.56 Å². The van der Waals surface area contributed by atoms with Gasteiger partial charge in [0.1, 0.15) is 5.75 Å². The molecule has 0 aliphatic rings. The van der Waals surface area contributed by atoms with E-state index >= 15 is 0 Å². The first-order valence-corrected chi connectivity index (χ1v) is 9.07. The van der Waals surface area contributed by atoms with Crippen LogP contribution in [0, 0.1) is 0 Å². The maximum absolute atomic E-state index is 12.4. The number of hydrogen-bond donors (Lipinski definition) is 1. The van der Waals surface area contributed by atoms with Crippen LogP contribution in [-0.2, 0) is 16.0 Å². The van der Waals surface area contributed by atoms with Gasteiger partial charge in [-0.3, -0.25) is 9.59 Å². The summed E-state index contributed by atoms with van der Waals surface area (Å²) >= 11 is 0. The van der Waals surface area contributed by atoms with Crippen molar-refractivity contribution in [1.29, 1.82) is 0 Å². The molecule has 0 radical (unpaired) electrons. The average Bonchev–Trinajstić information content (AvgIpc) is 2.68. The van der Waals surface area contributed by atoms with Crippen molar-refractivity contribution >= 4 is 28.3 Å². The van der Waals surface area contributed by atoms with Gasteiger partial charge in [0, 0.05) is 12.7 Å². The highest BCUT2D eigenvalue weighted by Gasteiger charge is 2.31. The van der Waals surface area contributed by atoms with Crippen molar-refractivity contribution in [3.8, 4) is 5.75 Å². The molecule has 0 atom stereocenters. The first-order valence-electron chi connectivity index (χ1n) is 9.07. The van der Waals surface area contributed by atoms with Crippen molar-refractivity contribution in [2.45, 2.75) is 12.8 Å². The van der Waals surface area contributed by atoms with Crippen LogP contribution in [0.25, 0.3) is 10.8 Å². The SMILES string of the molecule is CN(CC(=O)Nc1ccc(OC(F)(F)F)cc1)C(=O)Cc1ccc2ccccc2c1. The Morgan fingerprint density at radius 1 is 0.967 bits per heavy atom. The molecule has 0 aliphatic heterocycles. The number of alkyl halides is 3. The van der Waals surface area contributed by atoms with Crippen LogP contribution in [0.4, 0.5) is 18.9 Å². The van der Waals surface area contributed by atoms with Gasteiger partial charge in [0.15, 0.2) is 0 Å².